The fourth-order valence-corrected chi connectivity index (χ4v) is 8.72. The fraction of sp³-hybridized carbons (Fsp3) is 0.484. The topological polar surface area (TPSA) is 420 Å². The van der Waals surface area contributed by atoms with Crippen LogP contribution in [0.5, 0.6) is 5.75 Å². The molecule has 2 atom stereocenters. The Labute approximate surface area is 536 Å². The third-order valence-corrected chi connectivity index (χ3v) is 13.3. The average molecular weight is 1280 g/mol. The van der Waals surface area contributed by atoms with Gasteiger partial charge in [-0.15, -0.1) is 0 Å². The molecule has 0 spiro atoms. The van der Waals surface area contributed by atoms with Crippen LogP contribution in [0.25, 0.3) is 0 Å². The van der Waals surface area contributed by atoms with Crippen LogP contribution in [0.1, 0.15) is 143 Å². The Bertz CT molecular complexity index is 2890. The lowest BCUT2D eigenvalue weighted by Gasteiger charge is -2.25. The summed E-state index contributed by atoms with van der Waals surface area (Å²) in [6.45, 7) is 13.8. The van der Waals surface area contributed by atoms with Gasteiger partial charge in [-0.3, -0.25) is 61.1 Å². The molecule has 4 aromatic rings. The largest absolute Gasteiger partial charge is 0.492 e. The van der Waals surface area contributed by atoms with Gasteiger partial charge in [0.25, 0.3) is 17.7 Å². The maximum Gasteiger partial charge on any atom is 0.408 e. The van der Waals surface area contributed by atoms with E-state index >= 15 is 0 Å². The first kappa shape index (κ1) is 74.2. The number of nitrogen functional groups attached to an aromatic ring is 2. The van der Waals surface area contributed by atoms with Crippen LogP contribution in [0.2, 0.25) is 5.15 Å². The second-order valence-corrected chi connectivity index (χ2v) is 23.5. The number of hydrogen-bond donors (Lipinski definition) is 15. The van der Waals surface area contributed by atoms with Gasteiger partial charge in [-0.2, -0.15) is 0 Å². The summed E-state index contributed by atoms with van der Waals surface area (Å²) in [6, 6.07) is 22.9. The number of benzene rings is 3. The van der Waals surface area contributed by atoms with Crippen LogP contribution in [0.15, 0.2) is 84.9 Å². The smallest absolute Gasteiger partial charge is 0.408 e. The van der Waals surface area contributed by atoms with Gasteiger partial charge in [-0.25, -0.2) is 19.6 Å². The number of unbranched alkanes of at least 4 members (excludes halogenated alkanes) is 3. The summed E-state index contributed by atoms with van der Waals surface area (Å²) < 4.78 is 17.1. The summed E-state index contributed by atoms with van der Waals surface area (Å²) in [6.07, 6.45) is 4.30. The van der Waals surface area contributed by atoms with Crippen molar-refractivity contribution in [1.29, 1.82) is 16.2 Å². The number of nitrogens with zero attached hydrogens (tertiary/aromatic N) is 3. The molecule has 7 amide bonds. The Morgan fingerprint density at radius 1 is 0.516 bits per heavy atom. The molecular formula is C62H91ClN18O10. The molecular weight excluding hydrogens is 1190 g/mol. The molecule has 91 heavy (non-hydrogen) atoms. The van der Waals surface area contributed by atoms with Crippen molar-refractivity contribution < 1.29 is 47.8 Å². The molecule has 28 nitrogen and oxygen atoms in total. The number of carbonyl (C=O) groups excluding carboxylic acids is 7. The monoisotopic (exact) mass is 1280 g/mol. The summed E-state index contributed by atoms with van der Waals surface area (Å²) in [7, 11) is 0. The number of nitrogens with two attached hydrogens (primary N) is 2. The minimum atomic E-state index is -0.926. The Morgan fingerprint density at radius 3 is 1.37 bits per heavy atom. The number of alkyl carbamates (subject to hydrolysis) is 2. The van der Waals surface area contributed by atoms with Gasteiger partial charge < -0.3 is 62.9 Å². The van der Waals surface area contributed by atoms with Crippen LogP contribution < -0.4 is 69.4 Å². The molecule has 0 aliphatic rings. The van der Waals surface area contributed by atoms with Crippen LogP contribution in [0, 0.1) is 16.2 Å². The van der Waals surface area contributed by atoms with Gasteiger partial charge in [0.15, 0.2) is 40.4 Å². The third-order valence-electron chi connectivity index (χ3n) is 13.1. The Balaban J connectivity index is 1.31. The number of nitrogens with one attached hydrogen (secondary N) is 13. The lowest BCUT2D eigenvalue weighted by molar-refractivity contribution is -0.124. The third kappa shape index (κ3) is 31.1. The SMILES string of the molecule is CC(C)(C)OC(=O)N[C@@H](CCCCNC(=N)NC(=O)c1ccccc1)C(=O)NCCCN(CCCNC(=O)[C@H](CCCCNC(=N)NC(=O)c1ccccc1)NC(=O)OC(C)(C)C)CCOc1ccc(CCCCNC(=N)NC(=O)c2nc(Cl)c(N)nc2N)cc1. The van der Waals surface area contributed by atoms with E-state index in [2.05, 4.69) is 68.0 Å². The summed E-state index contributed by atoms with van der Waals surface area (Å²) >= 11 is 5.88. The molecule has 0 aliphatic carbocycles. The quantitative estimate of drug-likeness (QED) is 0.0160. The number of anilines is 2. The van der Waals surface area contributed by atoms with E-state index in [9.17, 15) is 33.6 Å². The zero-order valence-electron chi connectivity index (χ0n) is 52.8. The molecule has 0 saturated carbocycles. The molecule has 0 unspecified atom stereocenters. The van der Waals surface area contributed by atoms with E-state index in [1.807, 2.05) is 24.3 Å². The Kier molecular flexibility index (Phi) is 31.7. The molecule has 1 aromatic heterocycles. The normalized spacial score (nSPS) is 11.8. The highest BCUT2D eigenvalue weighted by molar-refractivity contribution is 6.31. The number of rotatable bonds is 34. The molecule has 29 heteroatoms. The first-order valence-electron chi connectivity index (χ1n) is 30.3. The van der Waals surface area contributed by atoms with Crippen LogP contribution in [0.4, 0.5) is 21.2 Å². The standard InChI is InChI=1S/C62H91ClN18O10/c1-61(2,3)90-59(87)74-45(26-14-17-33-71-56(66)78-51(82)42-22-9-7-10-23-42)53(84)69-35-19-37-81(39-40-89-44-30-28-41(29-31-44)21-13-16-32-73-58(68)80-55(86)47-49(64)77-50(65)48(63)76-47)38-20-36-70-54(85)46(75-60(88)91-62(4,5)6)27-15-18-34-72-57(67)79-52(83)43-24-11-8-12-25-43/h7-12,22-25,28-31,45-46H,13-21,26-27,32-40H2,1-6H3,(H,69,84)(H,70,85)(H,74,87)(H,75,88)(H4,64,65,77)(H3,66,71,78,82)(H3,67,72,79,83)(H3,68,73,80,86)/t45-,46-/m0/s1. The lowest BCUT2D eigenvalue weighted by atomic mass is 10.1. The van der Waals surface area contributed by atoms with Crippen LogP contribution in [-0.4, -0.2) is 157 Å². The molecule has 496 valence electrons. The van der Waals surface area contributed by atoms with Gasteiger partial charge in [0.05, 0.1) is 0 Å². The summed E-state index contributed by atoms with van der Waals surface area (Å²) in [5.41, 5.74) is 11.4. The number of ether oxygens (including phenoxy) is 3. The van der Waals surface area contributed by atoms with E-state index < -0.39 is 65.0 Å². The molecule has 0 radical (unpaired) electrons. The predicted molar refractivity (Wildman–Crippen MR) is 349 cm³/mol. The minimum absolute atomic E-state index is 0.113. The minimum Gasteiger partial charge on any atom is -0.492 e. The molecule has 1 heterocycles. The first-order valence-corrected chi connectivity index (χ1v) is 30.7. The highest BCUT2D eigenvalue weighted by Gasteiger charge is 2.26. The van der Waals surface area contributed by atoms with Crippen LogP contribution >= 0.6 is 11.6 Å². The highest BCUT2D eigenvalue weighted by Crippen LogP contribution is 2.18. The molecule has 3 aromatic carbocycles. The van der Waals surface area contributed by atoms with Crippen molar-refractivity contribution in [1.82, 2.24) is 68.0 Å². The Morgan fingerprint density at radius 2 is 0.934 bits per heavy atom. The lowest BCUT2D eigenvalue weighted by Crippen LogP contribution is -2.49. The summed E-state index contributed by atoms with van der Waals surface area (Å²) in [4.78, 5) is 100. The van der Waals surface area contributed by atoms with E-state index in [-0.39, 0.29) is 66.3 Å². The second-order valence-electron chi connectivity index (χ2n) is 23.1. The Hall–Kier alpha value is -9.31. The number of halogens is 1. The predicted octanol–water partition coefficient (Wildman–Crippen LogP) is 5.30. The van der Waals surface area contributed by atoms with Gasteiger partial charge in [0, 0.05) is 50.4 Å². The van der Waals surface area contributed by atoms with Crippen molar-refractivity contribution in [2.24, 2.45) is 0 Å². The molecule has 0 saturated heterocycles. The van der Waals surface area contributed by atoms with E-state index in [0.29, 0.717) is 108 Å². The molecule has 0 bridgehead atoms. The number of amides is 7. The van der Waals surface area contributed by atoms with Crippen molar-refractivity contribution in [3.63, 3.8) is 0 Å². The number of aryl methyl sites for hydroxylation is 1. The maximum atomic E-state index is 13.7. The fourth-order valence-electron chi connectivity index (χ4n) is 8.60. The van der Waals surface area contributed by atoms with Crippen molar-refractivity contribution in [3.8, 4) is 5.75 Å². The van der Waals surface area contributed by atoms with E-state index in [1.54, 1.807) is 102 Å². The van der Waals surface area contributed by atoms with Gasteiger partial charge >= 0.3 is 12.2 Å². The van der Waals surface area contributed by atoms with Crippen molar-refractivity contribution in [3.05, 3.63) is 112 Å². The van der Waals surface area contributed by atoms with Crippen molar-refractivity contribution in [2.45, 2.75) is 135 Å². The van der Waals surface area contributed by atoms with Gasteiger partial charge in [-0.05, 0) is 167 Å². The van der Waals surface area contributed by atoms with Gasteiger partial charge in [-0.1, -0.05) is 60.1 Å². The second kappa shape index (κ2) is 39.0. The highest BCUT2D eigenvalue weighted by atomic mass is 35.5. The van der Waals surface area contributed by atoms with E-state index in [4.69, 9.17) is 53.5 Å². The zero-order chi connectivity index (χ0) is 66.8. The maximum absolute atomic E-state index is 13.7. The number of hydrogen-bond acceptors (Lipinski definition) is 18. The molecule has 0 fully saturated rings. The molecule has 0 aliphatic heterocycles. The van der Waals surface area contributed by atoms with Crippen molar-refractivity contribution >= 4 is 82.8 Å². The van der Waals surface area contributed by atoms with Gasteiger partial charge in [0.2, 0.25) is 11.8 Å². The zero-order valence-corrected chi connectivity index (χ0v) is 53.6. The number of carbonyl (C=O) groups is 7. The number of guanidine groups is 3. The molecule has 17 N–H and O–H groups in total. The number of aromatic nitrogens is 2. The summed E-state index contributed by atoms with van der Waals surface area (Å²) in [5, 5.41) is 51.5. The molecule has 4 rings (SSSR count). The average Bonchev–Trinajstić information content (AvgIpc) is 3.57. The van der Waals surface area contributed by atoms with Crippen LogP contribution in [0.3, 0.4) is 0 Å². The van der Waals surface area contributed by atoms with Crippen LogP contribution in [-0.2, 0) is 25.5 Å². The first-order chi connectivity index (χ1) is 43.2. The summed E-state index contributed by atoms with van der Waals surface area (Å²) in [5.74, 6) is -2.63. The van der Waals surface area contributed by atoms with E-state index in [0.717, 1.165) is 18.4 Å². The van der Waals surface area contributed by atoms with E-state index in [1.165, 1.54) is 0 Å². The van der Waals surface area contributed by atoms with Gasteiger partial charge in [0.1, 0.15) is 35.6 Å². The van der Waals surface area contributed by atoms with Crippen molar-refractivity contribution in [2.75, 3.05) is 70.4 Å².